The van der Waals surface area contributed by atoms with Crippen molar-refractivity contribution in [3.63, 3.8) is 0 Å². The van der Waals surface area contributed by atoms with E-state index in [4.69, 9.17) is 10.5 Å². The summed E-state index contributed by atoms with van der Waals surface area (Å²) in [6, 6.07) is 10.4. The van der Waals surface area contributed by atoms with Crippen LogP contribution in [0.4, 0.5) is 13.2 Å². The van der Waals surface area contributed by atoms with E-state index < -0.39 is 252 Å². The minimum absolute atomic E-state index is 0.0405. The Hall–Kier alpha value is -12.6. The van der Waals surface area contributed by atoms with Crippen LogP contribution in [0.25, 0.3) is 10.9 Å². The van der Waals surface area contributed by atoms with Crippen molar-refractivity contribution < 1.29 is 110 Å². The van der Waals surface area contributed by atoms with Crippen LogP contribution in [-0.2, 0) is 114 Å². The third kappa shape index (κ3) is 28.0. The number of benzene rings is 5. The van der Waals surface area contributed by atoms with Crippen LogP contribution < -0.4 is 53.6 Å². The van der Waals surface area contributed by atoms with Crippen LogP contribution in [0.3, 0.4) is 0 Å². The van der Waals surface area contributed by atoms with E-state index in [1.807, 2.05) is 0 Å². The van der Waals surface area contributed by atoms with Gasteiger partial charge < -0.3 is 98.2 Å². The monoisotopic (exact) mass is 1880 g/mol. The molecule has 14 amide bonds. The number of carbonyl (C=O) groups is 16. The van der Waals surface area contributed by atoms with Gasteiger partial charge in [-0.3, -0.25) is 81.6 Å². The van der Waals surface area contributed by atoms with Crippen LogP contribution in [0.5, 0.6) is 5.75 Å². The number of fused-ring (bicyclic) bond motifs is 5. The van der Waals surface area contributed by atoms with E-state index in [0.717, 1.165) is 14.7 Å². The lowest BCUT2D eigenvalue weighted by atomic mass is 9.98. The predicted octanol–water partition coefficient (Wildman–Crippen LogP) is 2.44. The second kappa shape index (κ2) is 47.6. The smallest absolute Gasteiger partial charge is 0.305 e. The molecule has 5 unspecified atom stereocenters. The van der Waals surface area contributed by atoms with Crippen molar-refractivity contribution in [2.75, 3.05) is 57.4 Å². The Labute approximate surface area is 774 Å². The number of phenols is 1. The van der Waals surface area contributed by atoms with Crippen molar-refractivity contribution in [3.05, 3.63) is 173 Å². The highest BCUT2D eigenvalue weighted by molar-refractivity contribution is 8.00. The second-order valence-electron chi connectivity index (χ2n) is 34.4. The maximum Gasteiger partial charge on any atom is 0.305 e. The summed E-state index contributed by atoms with van der Waals surface area (Å²) in [5.41, 5.74) is 7.63. The maximum absolute atomic E-state index is 15.7. The first kappa shape index (κ1) is 102. The minimum Gasteiger partial charge on any atom is -0.508 e. The number of aromatic hydroxyl groups is 1. The number of primary amides is 1. The van der Waals surface area contributed by atoms with Crippen molar-refractivity contribution in [2.45, 2.75) is 209 Å². The van der Waals surface area contributed by atoms with Gasteiger partial charge in [0.05, 0.1) is 31.2 Å². The molecule has 0 radical (unpaired) electrons. The number of halogens is 3. The lowest BCUT2D eigenvalue weighted by Crippen LogP contribution is -2.61. The topological polar surface area (TPSA) is 513 Å². The third-order valence-electron chi connectivity index (χ3n) is 23.7. The molecule has 6 aromatic rings. The fourth-order valence-corrected chi connectivity index (χ4v) is 18.6. The molecule has 36 nitrogen and oxygen atoms in total. The molecule has 0 bridgehead atoms. The highest BCUT2D eigenvalue weighted by Gasteiger charge is 2.55. The molecule has 5 aromatic carbocycles. The summed E-state index contributed by atoms with van der Waals surface area (Å²) < 4.78 is 51.3. The Morgan fingerprint density at radius 2 is 1.11 bits per heavy atom. The fraction of sp³-hybridized carbons (Fsp3) is 0.478. The Morgan fingerprint density at radius 3 is 1.74 bits per heavy atom. The van der Waals surface area contributed by atoms with Crippen molar-refractivity contribution in [1.82, 2.24) is 77.3 Å². The summed E-state index contributed by atoms with van der Waals surface area (Å²) in [6.07, 6.45) is -3.47. The number of aromatic nitrogens is 1. The van der Waals surface area contributed by atoms with Crippen molar-refractivity contribution in [1.29, 1.82) is 0 Å². The van der Waals surface area contributed by atoms with E-state index in [2.05, 4.69) is 52.8 Å². The van der Waals surface area contributed by atoms with Gasteiger partial charge in [0.1, 0.15) is 90.6 Å². The van der Waals surface area contributed by atoms with Gasteiger partial charge in [-0.2, -0.15) is 0 Å². The SMILES string of the molecule is CCCC[C@H]1C(=O)N2CCC[C@@H]2C(=O)N[C@@H](CC(=O)O)C(=O)N[C@@H](C(C)C)C(=O)N(C)C(Cc2ccccc2)C(=O)N[C@@H](CC(=O)O)C2OC2N2CSCC2C(=O)N[C@@H](Cc2c[nH]c3ccccc23)C(=O)N[C@@H](Cc2ccc(O)cc2)C(=O)N[C@@H](CC(C)C)C(=O)N[C@H](C(=O)NCC(N)=O)CSCC(=O)N[C@@H](Cc2cc(F)c(F)c(F)c2)C(=O)N(C)C(Cc2ccccc2)C(=O)N1C. The number of ether oxygens (including phenoxy) is 1. The van der Waals surface area contributed by atoms with Gasteiger partial charge in [-0.15, -0.1) is 23.5 Å². The number of nitrogens with two attached hydrogens (primary N) is 1. The number of hydrogen-bond donors (Lipinski definition) is 14. The first-order chi connectivity index (χ1) is 63.3. The number of rotatable bonds is 23. The molecule has 4 aliphatic rings. The van der Waals surface area contributed by atoms with E-state index in [9.17, 15) is 58.1 Å². The van der Waals surface area contributed by atoms with E-state index in [-0.39, 0.29) is 80.9 Å². The minimum atomic E-state index is -1.94. The van der Waals surface area contributed by atoms with Crippen LogP contribution in [0.2, 0.25) is 0 Å². The van der Waals surface area contributed by atoms with Gasteiger partial charge in [-0.25, -0.2) is 13.2 Å². The number of phenolic OH excluding ortho intramolecular Hbond substituents is 1. The maximum atomic E-state index is 15.7. The number of carbonyl (C=O) groups excluding carboxylic acids is 14. The highest BCUT2D eigenvalue weighted by Crippen LogP contribution is 2.38. The molecule has 15 N–H and O–H groups in total. The number of likely N-dealkylation sites (N-methyl/N-ethyl adjacent to an activating group) is 3. The van der Waals surface area contributed by atoms with Gasteiger partial charge in [-0.1, -0.05) is 138 Å². The Morgan fingerprint density at radius 1 is 0.556 bits per heavy atom. The molecule has 41 heteroatoms. The highest BCUT2D eigenvalue weighted by atomic mass is 32.2. The van der Waals surface area contributed by atoms with Gasteiger partial charge in [0.2, 0.25) is 82.7 Å². The van der Waals surface area contributed by atoms with Gasteiger partial charge in [-0.05, 0) is 95.7 Å². The molecule has 133 heavy (non-hydrogen) atoms. The standard InChI is InChI=1S/C92H115F3N16O20S2/c1-9-10-26-69-90(129)110-32-19-27-68(110)85(124)104-65(42-76(117)118)84(123)106-78(50(4)5)91(130)108(7)70(38-51-20-13-11-14-21-51)86(125)100-61(41-75(115)116)79-92(131-79)111-48-133-46-72(111)87(126)103-64(40-55-43-97-60-25-18-17-24-57(55)60)83(122)102-63(36-53-28-30-56(112)31-29-53)82(121)101-62(33-49(2)3)81(120)105-67(80(119)98-44-73(96)113)45-132-47-74(114)99-66(37-54-34-58(93)77(95)59(94)35-54)88(127)109(8)71(89(128)107(69)6)39-52-22-15-12-16-23-52/h11-18,20-25,28-31,34-35,43,49-50,61-72,78-79,92,97,112H,9-10,19,26-27,32-33,36-42,44-48H2,1-8H3,(H2,96,113)(H,98,119)(H,99,114)(H,100,125)(H,101,121)(H,102,122)(H,103,126)(H,104,124)(H,105,120)(H,106,123)(H,115,116)(H,117,118)/t61-,62-,63-,64-,65-,66-,67-,68+,69-,70?,71?,72?,78-,79?,92?/m0/s1. The average Bonchev–Trinajstić information content (AvgIpc) is 1.60. The van der Waals surface area contributed by atoms with Crippen LogP contribution in [0.1, 0.15) is 114 Å². The quantitative estimate of drug-likeness (QED) is 0.0323. The molecule has 5 heterocycles. The molecule has 10 rings (SSSR count). The number of aromatic amines is 1. The summed E-state index contributed by atoms with van der Waals surface area (Å²) in [6.45, 7) is 7.48. The van der Waals surface area contributed by atoms with Crippen LogP contribution in [0.15, 0.2) is 128 Å². The molecule has 1 aromatic heterocycles. The van der Waals surface area contributed by atoms with E-state index in [0.29, 0.717) is 69.9 Å². The molecule has 4 saturated heterocycles. The molecular weight excluding hydrogens is 1770 g/mol. The van der Waals surface area contributed by atoms with E-state index in [1.165, 1.54) is 62.1 Å². The summed E-state index contributed by atoms with van der Waals surface area (Å²) in [4.78, 5) is 243. The largest absolute Gasteiger partial charge is 0.508 e. The number of nitrogens with one attached hydrogen (secondary N) is 10. The number of epoxide rings is 1. The van der Waals surface area contributed by atoms with E-state index in [1.54, 1.807) is 131 Å². The Balaban J connectivity index is 1.03. The lowest BCUT2D eigenvalue weighted by Gasteiger charge is -2.38. The first-order valence-electron chi connectivity index (χ1n) is 43.9. The molecule has 0 saturated carbocycles. The number of hydrogen-bond acceptors (Lipinski definition) is 21. The molecule has 4 fully saturated rings. The van der Waals surface area contributed by atoms with Crippen LogP contribution in [-0.4, -0.2) is 288 Å². The zero-order valence-corrected chi connectivity index (χ0v) is 76.6. The fourth-order valence-electron chi connectivity index (χ4n) is 16.5. The number of carboxylic acid groups (broad SMARTS) is 2. The molecule has 15 atom stereocenters. The molecule has 0 aliphatic carbocycles. The number of para-hydroxylation sites is 1. The van der Waals surface area contributed by atoms with E-state index >= 15 is 47.1 Å². The number of carboxylic acids is 2. The summed E-state index contributed by atoms with van der Waals surface area (Å²) in [5.74, 6) is -23.9. The third-order valence-corrected chi connectivity index (χ3v) is 25.8. The number of aliphatic carboxylic acids is 2. The van der Waals surface area contributed by atoms with Gasteiger partial charge in [0.15, 0.2) is 17.5 Å². The molecule has 0 spiro atoms. The Bertz CT molecular complexity index is 5200. The zero-order chi connectivity index (χ0) is 96.8. The number of unbranched alkanes of at least 4 members (excludes halogenated alkanes) is 1. The normalized spacial score (nSPS) is 25.1. The average molecular weight is 1890 g/mol. The number of H-pyrrole nitrogens is 1. The first-order valence-corrected chi connectivity index (χ1v) is 46.2. The summed E-state index contributed by atoms with van der Waals surface area (Å²) >= 11 is 1.97. The predicted molar refractivity (Wildman–Crippen MR) is 483 cm³/mol. The number of thioether (sulfide) groups is 2. The van der Waals surface area contributed by atoms with Crippen molar-refractivity contribution in [3.8, 4) is 5.75 Å². The molecule has 716 valence electrons. The van der Waals surface area contributed by atoms with Gasteiger partial charge in [0.25, 0.3) is 0 Å². The summed E-state index contributed by atoms with van der Waals surface area (Å²) in [7, 11) is 3.76. The zero-order valence-electron chi connectivity index (χ0n) is 74.9. The Kier molecular flexibility index (Phi) is 36.7. The van der Waals surface area contributed by atoms with Gasteiger partial charge >= 0.3 is 11.9 Å². The lowest BCUT2D eigenvalue weighted by molar-refractivity contribution is -0.152. The number of nitrogens with zero attached hydrogens (tertiary/aromatic N) is 5. The van der Waals surface area contributed by atoms with Crippen LogP contribution >= 0.6 is 23.5 Å². The summed E-state index contributed by atoms with van der Waals surface area (Å²) in [5, 5.41) is 55.7. The molecular formula is C92H115F3N16O20S2. The van der Waals surface area contributed by atoms with Gasteiger partial charge in [0, 0.05) is 94.3 Å². The van der Waals surface area contributed by atoms with Crippen LogP contribution in [0, 0.1) is 29.3 Å². The van der Waals surface area contributed by atoms with Crippen molar-refractivity contribution in [2.24, 2.45) is 17.6 Å². The second-order valence-corrected chi connectivity index (χ2v) is 36.5. The van der Waals surface area contributed by atoms with Crippen molar-refractivity contribution >= 4 is 129 Å². The number of amides is 14. The molecule has 4 aliphatic heterocycles.